The molecular weight excluding hydrogens is 437 g/mol. The SMILES string of the molecule is CC1=NC(C)=C(c2nc(Cc3ccccc3)no2)C(c2cccc(Cl)c2Cl)C1C(=O)O. The first-order chi connectivity index (χ1) is 14.9. The molecule has 31 heavy (non-hydrogen) atoms. The van der Waals surface area contributed by atoms with E-state index >= 15 is 0 Å². The maximum atomic E-state index is 12.2. The minimum absolute atomic E-state index is 0.229. The van der Waals surface area contributed by atoms with Gasteiger partial charge in [-0.1, -0.05) is 70.8 Å². The minimum Gasteiger partial charge on any atom is -0.481 e. The predicted molar refractivity (Wildman–Crippen MR) is 120 cm³/mol. The quantitative estimate of drug-likeness (QED) is 0.536. The molecule has 6 nitrogen and oxygen atoms in total. The van der Waals surface area contributed by atoms with Crippen LogP contribution >= 0.6 is 23.2 Å². The summed E-state index contributed by atoms with van der Waals surface area (Å²) < 4.78 is 5.57. The molecule has 2 aromatic carbocycles. The van der Waals surface area contributed by atoms with Crippen LogP contribution in [0.25, 0.3) is 5.57 Å². The van der Waals surface area contributed by atoms with E-state index in [-0.39, 0.29) is 5.89 Å². The zero-order valence-electron chi connectivity index (χ0n) is 16.8. The Hall–Kier alpha value is -2.96. The van der Waals surface area contributed by atoms with Crippen LogP contribution in [0.4, 0.5) is 0 Å². The molecule has 0 amide bonds. The zero-order chi connectivity index (χ0) is 22.1. The Bertz CT molecular complexity index is 1200. The summed E-state index contributed by atoms with van der Waals surface area (Å²) >= 11 is 12.7. The molecule has 8 heteroatoms. The molecule has 2 unspecified atom stereocenters. The van der Waals surface area contributed by atoms with E-state index in [1.165, 1.54) is 0 Å². The van der Waals surface area contributed by atoms with E-state index in [0.717, 1.165) is 5.56 Å². The smallest absolute Gasteiger partial charge is 0.313 e. The fourth-order valence-electron chi connectivity index (χ4n) is 3.95. The third-order valence-electron chi connectivity index (χ3n) is 5.31. The normalized spacial score (nSPS) is 18.8. The van der Waals surface area contributed by atoms with Crippen molar-refractivity contribution < 1.29 is 14.4 Å². The van der Waals surface area contributed by atoms with Gasteiger partial charge in [-0.05, 0) is 31.0 Å². The van der Waals surface area contributed by atoms with Crippen LogP contribution < -0.4 is 0 Å². The van der Waals surface area contributed by atoms with E-state index in [9.17, 15) is 9.90 Å². The lowest BCUT2D eigenvalue weighted by molar-refractivity contribution is -0.139. The van der Waals surface area contributed by atoms with Gasteiger partial charge in [0, 0.05) is 29.3 Å². The Kier molecular flexibility index (Phi) is 5.94. The first kappa shape index (κ1) is 21.3. The number of aliphatic carboxylic acids is 1. The van der Waals surface area contributed by atoms with Crippen molar-refractivity contribution in [2.75, 3.05) is 0 Å². The van der Waals surface area contributed by atoms with Gasteiger partial charge in [0.15, 0.2) is 5.82 Å². The molecule has 0 radical (unpaired) electrons. The Morgan fingerprint density at radius 2 is 1.84 bits per heavy atom. The lowest BCUT2D eigenvalue weighted by atomic mass is 9.75. The van der Waals surface area contributed by atoms with Crippen molar-refractivity contribution in [2.45, 2.75) is 26.2 Å². The third-order valence-corrected chi connectivity index (χ3v) is 6.15. The fourth-order valence-corrected chi connectivity index (χ4v) is 4.37. The molecule has 158 valence electrons. The number of aliphatic imine (C=N–C) groups is 1. The number of hydrogen-bond donors (Lipinski definition) is 1. The molecular formula is C23H19Cl2N3O3. The van der Waals surface area contributed by atoms with Crippen LogP contribution in [0.2, 0.25) is 10.0 Å². The van der Waals surface area contributed by atoms with Crippen molar-refractivity contribution >= 4 is 40.5 Å². The number of nitrogens with zero attached hydrogens (tertiary/aromatic N) is 3. The molecule has 0 aliphatic carbocycles. The summed E-state index contributed by atoms with van der Waals surface area (Å²) in [5, 5.41) is 14.7. The Labute approximate surface area is 189 Å². The number of carboxylic acids is 1. The van der Waals surface area contributed by atoms with Crippen LogP contribution in [0.1, 0.15) is 42.6 Å². The van der Waals surface area contributed by atoms with Gasteiger partial charge in [-0.2, -0.15) is 4.98 Å². The molecule has 1 aromatic heterocycles. The molecule has 2 heterocycles. The highest BCUT2D eigenvalue weighted by molar-refractivity contribution is 6.42. The van der Waals surface area contributed by atoms with Crippen molar-refractivity contribution in [3.05, 3.63) is 87.1 Å². The van der Waals surface area contributed by atoms with Crippen LogP contribution in [-0.4, -0.2) is 26.9 Å². The molecule has 0 bridgehead atoms. The monoisotopic (exact) mass is 455 g/mol. The van der Waals surface area contributed by atoms with Crippen LogP contribution in [0, 0.1) is 5.92 Å². The summed E-state index contributed by atoms with van der Waals surface area (Å²) in [6, 6.07) is 14.9. The molecule has 0 saturated carbocycles. The summed E-state index contributed by atoms with van der Waals surface area (Å²) in [6.45, 7) is 3.49. The van der Waals surface area contributed by atoms with Crippen LogP contribution in [0.3, 0.4) is 0 Å². The van der Waals surface area contributed by atoms with Crippen molar-refractivity contribution in [2.24, 2.45) is 10.9 Å². The molecule has 1 aliphatic rings. The molecule has 1 N–H and O–H groups in total. The lowest BCUT2D eigenvalue weighted by Gasteiger charge is -2.30. The molecule has 2 atom stereocenters. The Balaban J connectivity index is 1.82. The number of benzene rings is 2. The number of aromatic nitrogens is 2. The van der Waals surface area contributed by atoms with E-state index in [1.54, 1.807) is 32.0 Å². The maximum Gasteiger partial charge on any atom is 0.313 e. The molecule has 0 fully saturated rings. The average Bonchev–Trinajstić information content (AvgIpc) is 3.17. The first-order valence-electron chi connectivity index (χ1n) is 9.66. The van der Waals surface area contributed by atoms with Gasteiger partial charge >= 0.3 is 5.97 Å². The number of hydrogen-bond acceptors (Lipinski definition) is 5. The second-order valence-corrected chi connectivity index (χ2v) is 8.15. The summed E-state index contributed by atoms with van der Waals surface area (Å²) in [5.74, 6) is -1.91. The summed E-state index contributed by atoms with van der Waals surface area (Å²) in [5.41, 5.74) is 3.22. The highest BCUT2D eigenvalue weighted by Crippen LogP contribution is 2.46. The Morgan fingerprint density at radius 1 is 1.10 bits per heavy atom. The summed E-state index contributed by atoms with van der Waals surface area (Å²) in [7, 11) is 0. The van der Waals surface area contributed by atoms with E-state index in [1.807, 2.05) is 30.3 Å². The molecule has 0 saturated heterocycles. The lowest BCUT2D eigenvalue weighted by Crippen LogP contribution is -2.32. The number of allylic oxidation sites excluding steroid dienone is 2. The molecule has 3 aromatic rings. The van der Waals surface area contributed by atoms with E-state index in [4.69, 9.17) is 27.7 Å². The zero-order valence-corrected chi connectivity index (χ0v) is 18.4. The number of carbonyl (C=O) groups is 1. The topological polar surface area (TPSA) is 88.6 Å². The largest absolute Gasteiger partial charge is 0.481 e. The maximum absolute atomic E-state index is 12.2. The summed E-state index contributed by atoms with van der Waals surface area (Å²) in [4.78, 5) is 21.3. The van der Waals surface area contributed by atoms with E-state index < -0.39 is 17.8 Å². The van der Waals surface area contributed by atoms with Gasteiger partial charge in [-0.15, -0.1) is 0 Å². The predicted octanol–water partition coefficient (Wildman–Crippen LogP) is 5.66. The fraction of sp³-hybridized carbons (Fsp3) is 0.217. The highest BCUT2D eigenvalue weighted by atomic mass is 35.5. The molecule has 1 aliphatic heterocycles. The van der Waals surface area contributed by atoms with Crippen LogP contribution in [0.5, 0.6) is 0 Å². The first-order valence-corrected chi connectivity index (χ1v) is 10.4. The van der Waals surface area contributed by atoms with Gasteiger partial charge in [-0.3, -0.25) is 9.79 Å². The molecule has 4 rings (SSSR count). The number of rotatable bonds is 5. The van der Waals surface area contributed by atoms with Crippen molar-refractivity contribution in [1.82, 2.24) is 10.1 Å². The molecule has 0 spiro atoms. The van der Waals surface area contributed by atoms with Crippen LogP contribution in [0.15, 0.2) is 63.7 Å². The van der Waals surface area contributed by atoms with Crippen LogP contribution in [-0.2, 0) is 11.2 Å². The van der Waals surface area contributed by atoms with Gasteiger partial charge in [0.2, 0.25) is 0 Å². The highest BCUT2D eigenvalue weighted by Gasteiger charge is 2.42. The van der Waals surface area contributed by atoms with Gasteiger partial charge in [0.25, 0.3) is 5.89 Å². The van der Waals surface area contributed by atoms with E-state index in [2.05, 4.69) is 15.1 Å². The summed E-state index contributed by atoms with van der Waals surface area (Å²) in [6.07, 6.45) is 0.490. The van der Waals surface area contributed by atoms with Crippen molar-refractivity contribution in [3.63, 3.8) is 0 Å². The third kappa shape index (κ3) is 4.13. The average molecular weight is 456 g/mol. The van der Waals surface area contributed by atoms with E-state index in [0.29, 0.717) is 44.8 Å². The minimum atomic E-state index is -1.02. The Morgan fingerprint density at radius 3 is 2.55 bits per heavy atom. The second kappa shape index (κ2) is 8.65. The number of carboxylic acid groups (broad SMARTS) is 1. The van der Waals surface area contributed by atoms with Gasteiger partial charge in [0.05, 0.1) is 10.0 Å². The van der Waals surface area contributed by atoms with Gasteiger partial charge in [-0.25, -0.2) is 0 Å². The van der Waals surface area contributed by atoms with Crippen molar-refractivity contribution in [3.8, 4) is 0 Å². The van der Waals surface area contributed by atoms with Crippen molar-refractivity contribution in [1.29, 1.82) is 0 Å². The standard InChI is InChI=1S/C23H19Cl2N3O3/c1-12-18(22-27-17(28-31-22)11-14-7-4-3-5-8-14)20(19(23(29)30)13(2)26-12)15-9-6-10-16(24)21(15)25/h3-10,19-20H,11H2,1-2H3,(H,29,30). The van der Waals surface area contributed by atoms with Gasteiger partial charge < -0.3 is 9.63 Å². The number of halogens is 2. The second-order valence-electron chi connectivity index (χ2n) is 7.37. The van der Waals surface area contributed by atoms with Gasteiger partial charge in [0.1, 0.15) is 5.92 Å².